The second-order valence-corrected chi connectivity index (χ2v) is 9.18. The van der Waals surface area contributed by atoms with Crippen LogP contribution in [0.1, 0.15) is 64.3 Å². The van der Waals surface area contributed by atoms with E-state index >= 15 is 0 Å². The quantitative estimate of drug-likeness (QED) is 0.444. The number of carbonyl (C=O) groups excluding carboxylic acids is 3. The maximum atomic E-state index is 12.9. The highest BCUT2D eigenvalue weighted by Crippen LogP contribution is 2.28. The van der Waals surface area contributed by atoms with Crippen LogP contribution in [-0.2, 0) is 11.3 Å². The van der Waals surface area contributed by atoms with Crippen LogP contribution in [-0.4, -0.2) is 35.8 Å². The maximum Gasteiger partial charge on any atom is 0.287 e. The Morgan fingerprint density at radius 3 is 2.58 bits per heavy atom. The fourth-order valence-electron chi connectivity index (χ4n) is 4.67. The number of rotatable bonds is 8. The molecule has 8 nitrogen and oxygen atoms in total. The molecule has 0 radical (unpaired) electrons. The fourth-order valence-corrected chi connectivity index (χ4v) is 4.67. The average molecular weight is 489 g/mol. The number of nitrogens with zero attached hydrogens (tertiary/aromatic N) is 1. The zero-order valence-corrected chi connectivity index (χ0v) is 20.7. The van der Waals surface area contributed by atoms with Crippen molar-refractivity contribution < 1.29 is 18.8 Å². The first-order valence-corrected chi connectivity index (χ1v) is 12.4. The summed E-state index contributed by atoms with van der Waals surface area (Å²) in [5.74, 6) is -0.0210. The molecule has 0 unspecified atom stereocenters. The number of pyridine rings is 1. The molecule has 3 amide bonds. The van der Waals surface area contributed by atoms with Crippen LogP contribution in [0.3, 0.4) is 0 Å². The Morgan fingerprint density at radius 2 is 1.83 bits per heavy atom. The molecule has 4 rings (SSSR count). The molecule has 1 fully saturated rings. The van der Waals surface area contributed by atoms with Crippen LogP contribution in [0, 0.1) is 12.8 Å². The van der Waals surface area contributed by atoms with Crippen molar-refractivity contribution in [2.24, 2.45) is 5.92 Å². The number of amides is 3. The van der Waals surface area contributed by atoms with Gasteiger partial charge in [0, 0.05) is 25.4 Å². The van der Waals surface area contributed by atoms with Crippen LogP contribution in [0.2, 0.25) is 0 Å². The van der Waals surface area contributed by atoms with Gasteiger partial charge in [-0.3, -0.25) is 19.4 Å². The summed E-state index contributed by atoms with van der Waals surface area (Å²) in [7, 11) is 1.59. The third kappa shape index (κ3) is 6.00. The molecule has 1 saturated carbocycles. The standard InChI is InChI=1S/C28H32N4O4/c1-18-8-7-15-30-24(18)28(35)31-17-19-9-6-12-21(16-19)22-13-14-23(36-22)26(33)32-25(27(34)29-2)20-10-4-3-5-11-20/h6-9,12-16,20,25H,3-5,10-11,17H2,1-2H3,(H,29,34)(H,31,35)(H,32,33)/t25-/m1/s1. The number of carbonyl (C=O) groups is 3. The molecular formula is C28H32N4O4. The Labute approximate surface area is 210 Å². The lowest BCUT2D eigenvalue weighted by Gasteiger charge is -2.29. The first-order valence-electron chi connectivity index (χ1n) is 12.4. The van der Waals surface area contributed by atoms with Gasteiger partial charge in [-0.1, -0.05) is 43.5 Å². The van der Waals surface area contributed by atoms with Crippen molar-refractivity contribution in [1.29, 1.82) is 0 Å². The minimum Gasteiger partial charge on any atom is -0.451 e. The summed E-state index contributed by atoms with van der Waals surface area (Å²) < 4.78 is 5.86. The van der Waals surface area contributed by atoms with Crippen molar-refractivity contribution >= 4 is 17.7 Å². The molecule has 3 N–H and O–H groups in total. The summed E-state index contributed by atoms with van der Waals surface area (Å²) in [6.07, 6.45) is 6.74. The molecule has 0 spiro atoms. The summed E-state index contributed by atoms with van der Waals surface area (Å²) in [6, 6.07) is 14.0. The van der Waals surface area contributed by atoms with E-state index in [1.54, 1.807) is 31.4 Å². The lowest BCUT2D eigenvalue weighted by molar-refractivity contribution is -0.124. The van der Waals surface area contributed by atoms with Crippen molar-refractivity contribution in [3.8, 4) is 11.3 Å². The number of benzene rings is 1. The predicted molar refractivity (Wildman–Crippen MR) is 136 cm³/mol. The van der Waals surface area contributed by atoms with Gasteiger partial charge in [0.2, 0.25) is 5.91 Å². The molecule has 0 bridgehead atoms. The van der Waals surface area contributed by atoms with Crippen molar-refractivity contribution in [3.05, 3.63) is 77.3 Å². The highest BCUT2D eigenvalue weighted by molar-refractivity contribution is 5.96. The minimum absolute atomic E-state index is 0.124. The number of likely N-dealkylation sites (N-methyl/N-ethyl adjacent to an activating group) is 1. The van der Waals surface area contributed by atoms with E-state index in [1.165, 1.54) is 0 Å². The van der Waals surface area contributed by atoms with Gasteiger partial charge in [0.1, 0.15) is 17.5 Å². The second-order valence-electron chi connectivity index (χ2n) is 9.18. The normalized spacial score (nSPS) is 14.6. The molecule has 3 aromatic rings. The molecule has 0 aliphatic heterocycles. The van der Waals surface area contributed by atoms with Crippen LogP contribution in [0.15, 0.2) is 59.1 Å². The molecule has 1 aromatic carbocycles. The Hall–Kier alpha value is -3.94. The molecule has 1 aliphatic rings. The average Bonchev–Trinajstić information content (AvgIpc) is 3.41. The van der Waals surface area contributed by atoms with Crippen molar-refractivity contribution in [2.75, 3.05) is 7.05 Å². The second kappa shape index (κ2) is 11.7. The molecule has 1 aliphatic carbocycles. The van der Waals surface area contributed by atoms with Gasteiger partial charge in [0.25, 0.3) is 11.8 Å². The molecule has 36 heavy (non-hydrogen) atoms. The van der Waals surface area contributed by atoms with E-state index in [9.17, 15) is 14.4 Å². The number of aromatic nitrogens is 1. The number of furan rings is 1. The Morgan fingerprint density at radius 1 is 1.03 bits per heavy atom. The van der Waals surface area contributed by atoms with E-state index in [1.807, 2.05) is 37.3 Å². The lowest BCUT2D eigenvalue weighted by atomic mass is 9.83. The highest BCUT2D eigenvalue weighted by atomic mass is 16.4. The monoisotopic (exact) mass is 488 g/mol. The van der Waals surface area contributed by atoms with Crippen molar-refractivity contribution in [3.63, 3.8) is 0 Å². The minimum atomic E-state index is -0.578. The lowest BCUT2D eigenvalue weighted by Crippen LogP contribution is -2.50. The predicted octanol–water partition coefficient (Wildman–Crippen LogP) is 4.00. The topological polar surface area (TPSA) is 113 Å². The van der Waals surface area contributed by atoms with Gasteiger partial charge in [-0.05, 0) is 61.1 Å². The molecule has 2 heterocycles. The van der Waals surface area contributed by atoms with Crippen LogP contribution < -0.4 is 16.0 Å². The van der Waals surface area contributed by atoms with Gasteiger partial charge in [-0.25, -0.2) is 0 Å². The number of hydrogen-bond donors (Lipinski definition) is 3. The molecular weight excluding hydrogens is 456 g/mol. The number of aryl methyl sites for hydroxylation is 1. The van der Waals surface area contributed by atoms with Crippen LogP contribution in [0.4, 0.5) is 0 Å². The SMILES string of the molecule is CNC(=O)[C@H](NC(=O)c1ccc(-c2cccc(CNC(=O)c3ncccc3C)c2)o1)C1CCCCC1. The number of nitrogens with one attached hydrogen (secondary N) is 3. The Bertz CT molecular complexity index is 1230. The van der Waals surface area contributed by atoms with Gasteiger partial charge in [0.05, 0.1) is 0 Å². The van der Waals surface area contributed by atoms with E-state index in [0.29, 0.717) is 18.0 Å². The van der Waals surface area contributed by atoms with E-state index in [0.717, 1.165) is 48.8 Å². The summed E-state index contributed by atoms with van der Waals surface area (Å²) in [4.78, 5) is 42.0. The van der Waals surface area contributed by atoms with Crippen LogP contribution in [0.25, 0.3) is 11.3 Å². The fraction of sp³-hybridized carbons (Fsp3) is 0.357. The first-order chi connectivity index (χ1) is 17.5. The zero-order valence-electron chi connectivity index (χ0n) is 20.7. The van der Waals surface area contributed by atoms with Crippen LogP contribution in [0.5, 0.6) is 0 Å². The van der Waals surface area contributed by atoms with E-state index in [2.05, 4.69) is 20.9 Å². The van der Waals surface area contributed by atoms with E-state index in [-0.39, 0.29) is 23.5 Å². The van der Waals surface area contributed by atoms with Crippen LogP contribution >= 0.6 is 0 Å². The molecule has 2 aromatic heterocycles. The summed E-state index contributed by atoms with van der Waals surface area (Å²) in [5.41, 5.74) is 2.88. The first kappa shape index (κ1) is 25.2. The van der Waals surface area contributed by atoms with E-state index in [4.69, 9.17) is 4.42 Å². The Balaban J connectivity index is 1.42. The largest absolute Gasteiger partial charge is 0.451 e. The zero-order chi connectivity index (χ0) is 25.5. The highest BCUT2D eigenvalue weighted by Gasteiger charge is 2.31. The van der Waals surface area contributed by atoms with Gasteiger partial charge < -0.3 is 20.4 Å². The van der Waals surface area contributed by atoms with Gasteiger partial charge in [0.15, 0.2) is 5.76 Å². The molecule has 8 heteroatoms. The smallest absolute Gasteiger partial charge is 0.287 e. The van der Waals surface area contributed by atoms with Gasteiger partial charge in [-0.15, -0.1) is 0 Å². The summed E-state index contributed by atoms with van der Waals surface area (Å²) in [5, 5.41) is 8.45. The molecule has 188 valence electrons. The summed E-state index contributed by atoms with van der Waals surface area (Å²) >= 11 is 0. The van der Waals surface area contributed by atoms with E-state index < -0.39 is 11.9 Å². The molecule has 0 saturated heterocycles. The van der Waals surface area contributed by atoms with Crippen molar-refractivity contribution in [2.45, 2.75) is 51.6 Å². The maximum absolute atomic E-state index is 12.9. The van der Waals surface area contributed by atoms with Gasteiger partial charge in [-0.2, -0.15) is 0 Å². The van der Waals surface area contributed by atoms with Crippen molar-refractivity contribution in [1.82, 2.24) is 20.9 Å². The third-order valence-electron chi connectivity index (χ3n) is 6.66. The Kier molecular flexibility index (Phi) is 8.15. The third-order valence-corrected chi connectivity index (χ3v) is 6.66. The molecule has 1 atom stereocenters. The number of hydrogen-bond acceptors (Lipinski definition) is 5. The summed E-state index contributed by atoms with van der Waals surface area (Å²) in [6.45, 7) is 2.17. The van der Waals surface area contributed by atoms with Gasteiger partial charge >= 0.3 is 0 Å².